The van der Waals surface area contributed by atoms with E-state index < -0.39 is 34.8 Å². The first-order chi connectivity index (χ1) is 11.1. The van der Waals surface area contributed by atoms with E-state index in [0.29, 0.717) is 19.4 Å². The molecule has 2 amide bonds. The summed E-state index contributed by atoms with van der Waals surface area (Å²) >= 11 is 0. The smallest absolute Gasteiger partial charge is 0.214 e. The van der Waals surface area contributed by atoms with Gasteiger partial charge in [-0.15, -0.1) is 0 Å². The van der Waals surface area contributed by atoms with E-state index in [9.17, 15) is 35.1 Å². The molecule has 1 saturated heterocycles. The Balaban J connectivity index is 0.000000648. The predicted octanol–water partition coefficient (Wildman–Crippen LogP) is 0.636. The molecule has 9 heteroatoms. The fourth-order valence-electron chi connectivity index (χ4n) is 2.63. The Morgan fingerprint density at radius 2 is 1.46 bits per heavy atom. The van der Waals surface area contributed by atoms with Gasteiger partial charge in [-0.3, -0.25) is 9.59 Å². The molecule has 1 aromatic carbocycles. The molecular weight excluding hydrogens is 320 g/mol. The van der Waals surface area contributed by atoms with Crippen molar-refractivity contribution in [2.75, 3.05) is 6.54 Å². The first kappa shape index (κ1) is 19.2. The molecule has 1 aliphatic rings. The van der Waals surface area contributed by atoms with Crippen molar-refractivity contribution in [2.45, 2.75) is 32.7 Å². The standard InChI is InChI=1S/C13H17NO6.C2H5NO/c1-6-2-3-7(14(4-6)5-15)8-9(16)11(18)13(20)12(19)10(8)17;1-2(3)4/h5-7,16-20H,2-4H2,1H3;1H3,(H2,3,4). The number of hydrogen-bond donors (Lipinski definition) is 6. The van der Waals surface area contributed by atoms with Gasteiger partial charge in [-0.25, -0.2) is 0 Å². The minimum atomic E-state index is -0.995. The minimum absolute atomic E-state index is 0.156. The van der Waals surface area contributed by atoms with E-state index >= 15 is 0 Å². The fraction of sp³-hybridized carbons (Fsp3) is 0.467. The van der Waals surface area contributed by atoms with Crippen molar-refractivity contribution >= 4 is 12.3 Å². The molecule has 1 aliphatic heterocycles. The molecule has 1 aromatic rings. The minimum Gasteiger partial charge on any atom is -0.504 e. The highest BCUT2D eigenvalue weighted by Gasteiger charge is 2.34. The van der Waals surface area contributed by atoms with Gasteiger partial charge in [0, 0.05) is 13.5 Å². The van der Waals surface area contributed by atoms with Crippen molar-refractivity contribution < 1.29 is 35.1 Å². The molecule has 0 bridgehead atoms. The summed E-state index contributed by atoms with van der Waals surface area (Å²) in [6.07, 6.45) is 1.82. The summed E-state index contributed by atoms with van der Waals surface area (Å²) in [4.78, 5) is 21.7. The molecular formula is C15H22N2O7. The molecule has 0 aromatic heterocycles. The highest BCUT2D eigenvalue weighted by Crippen LogP contribution is 2.54. The van der Waals surface area contributed by atoms with Gasteiger partial charge in [-0.1, -0.05) is 6.92 Å². The van der Waals surface area contributed by atoms with Crippen molar-refractivity contribution in [2.24, 2.45) is 11.7 Å². The van der Waals surface area contributed by atoms with Crippen LogP contribution in [0.5, 0.6) is 28.7 Å². The van der Waals surface area contributed by atoms with Crippen LogP contribution in [0.25, 0.3) is 0 Å². The lowest BCUT2D eigenvalue weighted by Gasteiger charge is -2.36. The molecule has 9 nitrogen and oxygen atoms in total. The Bertz CT molecular complexity index is 600. The highest BCUT2D eigenvalue weighted by atomic mass is 16.4. The lowest BCUT2D eigenvalue weighted by molar-refractivity contribution is -0.122. The van der Waals surface area contributed by atoms with Gasteiger partial charge in [0.25, 0.3) is 0 Å². The molecule has 2 unspecified atom stereocenters. The summed E-state index contributed by atoms with van der Waals surface area (Å²) < 4.78 is 0. The van der Waals surface area contributed by atoms with Crippen molar-refractivity contribution in [3.63, 3.8) is 0 Å². The predicted molar refractivity (Wildman–Crippen MR) is 83.5 cm³/mol. The Morgan fingerprint density at radius 3 is 1.88 bits per heavy atom. The first-order valence-electron chi connectivity index (χ1n) is 7.27. The average Bonchev–Trinajstić information content (AvgIpc) is 2.52. The third-order valence-corrected chi connectivity index (χ3v) is 3.73. The second kappa shape index (κ2) is 7.62. The average molecular weight is 342 g/mol. The number of phenolic OH excluding ortho intramolecular Hbond substituents is 5. The number of rotatable bonds is 2. The molecule has 2 rings (SSSR count). The Labute approximate surface area is 138 Å². The second-order valence-corrected chi connectivity index (χ2v) is 5.77. The van der Waals surface area contributed by atoms with Crippen LogP contribution in [0.3, 0.4) is 0 Å². The van der Waals surface area contributed by atoms with Crippen LogP contribution in [0.4, 0.5) is 0 Å². The second-order valence-electron chi connectivity index (χ2n) is 5.77. The van der Waals surface area contributed by atoms with Crippen LogP contribution in [0.1, 0.15) is 38.3 Å². The molecule has 7 N–H and O–H groups in total. The van der Waals surface area contributed by atoms with Crippen molar-refractivity contribution in [3.8, 4) is 28.7 Å². The number of phenols is 5. The summed E-state index contributed by atoms with van der Waals surface area (Å²) in [5.41, 5.74) is 4.32. The third kappa shape index (κ3) is 3.92. The van der Waals surface area contributed by atoms with Gasteiger partial charge in [0.05, 0.1) is 11.6 Å². The molecule has 2 atom stereocenters. The number of benzene rings is 1. The van der Waals surface area contributed by atoms with Crippen LogP contribution < -0.4 is 5.73 Å². The van der Waals surface area contributed by atoms with Gasteiger partial charge in [0.2, 0.25) is 29.6 Å². The molecule has 134 valence electrons. The molecule has 0 radical (unpaired) electrons. The molecule has 1 fully saturated rings. The number of carbonyl (C=O) groups is 2. The van der Waals surface area contributed by atoms with E-state index in [0.717, 1.165) is 6.42 Å². The molecule has 24 heavy (non-hydrogen) atoms. The van der Waals surface area contributed by atoms with Crippen molar-refractivity contribution in [1.82, 2.24) is 4.90 Å². The van der Waals surface area contributed by atoms with Crippen molar-refractivity contribution in [3.05, 3.63) is 5.56 Å². The fourth-order valence-corrected chi connectivity index (χ4v) is 2.63. The zero-order chi connectivity index (χ0) is 18.6. The maximum atomic E-state index is 11.1. The van der Waals surface area contributed by atoms with Gasteiger partial charge in [0.15, 0.2) is 11.5 Å². The van der Waals surface area contributed by atoms with E-state index in [1.165, 1.54) is 11.8 Å². The molecule has 0 spiro atoms. The number of aromatic hydroxyl groups is 5. The summed E-state index contributed by atoms with van der Waals surface area (Å²) in [5, 5.41) is 48.2. The van der Waals surface area contributed by atoms with Crippen molar-refractivity contribution in [1.29, 1.82) is 0 Å². The van der Waals surface area contributed by atoms with Crippen LogP contribution in [0.2, 0.25) is 0 Å². The van der Waals surface area contributed by atoms with Gasteiger partial charge >= 0.3 is 0 Å². The van der Waals surface area contributed by atoms with Gasteiger partial charge in [-0.2, -0.15) is 0 Å². The number of piperidine rings is 1. The van der Waals surface area contributed by atoms with E-state index in [-0.39, 0.29) is 17.4 Å². The summed E-state index contributed by atoms with van der Waals surface area (Å²) in [7, 11) is 0. The molecule has 0 aliphatic carbocycles. The first-order valence-corrected chi connectivity index (χ1v) is 7.27. The van der Waals surface area contributed by atoms with E-state index in [4.69, 9.17) is 0 Å². The van der Waals surface area contributed by atoms with Crippen LogP contribution in [-0.2, 0) is 9.59 Å². The number of carbonyl (C=O) groups excluding carboxylic acids is 2. The zero-order valence-corrected chi connectivity index (χ0v) is 13.4. The number of primary amides is 1. The highest BCUT2D eigenvalue weighted by molar-refractivity contribution is 5.70. The van der Waals surface area contributed by atoms with E-state index in [1.807, 2.05) is 6.92 Å². The number of nitrogens with two attached hydrogens (primary N) is 1. The SMILES string of the molecule is CC(N)=O.CC1CCC(c2c(O)c(O)c(O)c(O)c2O)N(C=O)C1. The van der Waals surface area contributed by atoms with E-state index in [2.05, 4.69) is 5.73 Å². The number of hydrogen-bond acceptors (Lipinski definition) is 7. The van der Waals surface area contributed by atoms with Gasteiger partial charge in [0.1, 0.15) is 0 Å². The summed E-state index contributed by atoms with van der Waals surface area (Å²) in [6, 6.07) is -0.666. The topological polar surface area (TPSA) is 165 Å². The summed E-state index contributed by atoms with van der Waals surface area (Å²) in [5.74, 6) is -4.35. The molecule has 1 heterocycles. The monoisotopic (exact) mass is 342 g/mol. The number of amides is 2. The Kier molecular flexibility index (Phi) is 6.10. The van der Waals surface area contributed by atoms with Gasteiger partial charge in [-0.05, 0) is 18.8 Å². The lowest BCUT2D eigenvalue weighted by Crippen LogP contribution is -2.36. The van der Waals surface area contributed by atoms with E-state index in [1.54, 1.807) is 0 Å². The van der Waals surface area contributed by atoms with Crippen LogP contribution in [0, 0.1) is 5.92 Å². The number of nitrogens with zero attached hydrogens (tertiary/aromatic N) is 1. The maximum absolute atomic E-state index is 11.1. The third-order valence-electron chi connectivity index (χ3n) is 3.73. The Morgan fingerprint density at radius 1 is 1.04 bits per heavy atom. The quantitative estimate of drug-likeness (QED) is 0.261. The molecule has 0 saturated carbocycles. The van der Waals surface area contributed by atoms with Crippen LogP contribution >= 0.6 is 0 Å². The summed E-state index contributed by atoms with van der Waals surface area (Å²) in [6.45, 7) is 3.72. The van der Waals surface area contributed by atoms with Crippen LogP contribution in [0.15, 0.2) is 0 Å². The van der Waals surface area contributed by atoms with Crippen LogP contribution in [-0.4, -0.2) is 49.3 Å². The van der Waals surface area contributed by atoms with Gasteiger partial charge < -0.3 is 36.2 Å². The maximum Gasteiger partial charge on any atom is 0.214 e. The normalized spacial score (nSPS) is 20.0. The number of likely N-dealkylation sites (tertiary alicyclic amines) is 1. The lowest BCUT2D eigenvalue weighted by atomic mass is 9.89. The largest absolute Gasteiger partial charge is 0.504 e. The Hall–Kier alpha value is -2.84. The zero-order valence-electron chi connectivity index (χ0n) is 13.4.